The second kappa shape index (κ2) is 9.67. The molecule has 0 aromatic carbocycles. The summed E-state index contributed by atoms with van der Waals surface area (Å²) in [5.74, 6) is 2.60. The fourth-order valence-electron chi connectivity index (χ4n) is 8.88. The third-order valence-electron chi connectivity index (χ3n) is 10.6. The number of fused-ring (bicyclic) bond motifs is 5. The van der Waals surface area contributed by atoms with Crippen LogP contribution in [0.25, 0.3) is 0 Å². The first-order chi connectivity index (χ1) is 15.7. The van der Waals surface area contributed by atoms with E-state index in [0.717, 1.165) is 49.9 Å². The van der Waals surface area contributed by atoms with Gasteiger partial charge in [-0.05, 0) is 111 Å². The predicted octanol–water partition coefficient (Wildman–Crippen LogP) is 4.73. The molecule has 4 fully saturated rings. The van der Waals surface area contributed by atoms with Gasteiger partial charge in [-0.3, -0.25) is 9.59 Å². The lowest BCUT2D eigenvalue weighted by atomic mass is 9.44. The summed E-state index contributed by atoms with van der Waals surface area (Å²) >= 11 is 0. The largest absolute Gasteiger partial charge is 0.481 e. The van der Waals surface area contributed by atoms with Gasteiger partial charge in [-0.2, -0.15) is 0 Å². The van der Waals surface area contributed by atoms with Crippen LogP contribution in [0.3, 0.4) is 0 Å². The van der Waals surface area contributed by atoms with Gasteiger partial charge in [0.15, 0.2) is 0 Å². The zero-order valence-electron chi connectivity index (χ0n) is 20.5. The van der Waals surface area contributed by atoms with Crippen LogP contribution in [0.15, 0.2) is 0 Å². The van der Waals surface area contributed by atoms with Crippen LogP contribution in [-0.4, -0.2) is 35.5 Å². The summed E-state index contributed by atoms with van der Waals surface area (Å²) in [7, 11) is 0. The average molecular weight is 462 g/mol. The van der Waals surface area contributed by atoms with Crippen LogP contribution in [0.2, 0.25) is 0 Å². The number of aliphatic carboxylic acids is 1. The summed E-state index contributed by atoms with van der Waals surface area (Å²) < 4.78 is 5.73. The van der Waals surface area contributed by atoms with Crippen molar-refractivity contribution in [1.82, 2.24) is 0 Å². The average Bonchev–Trinajstić information content (AvgIpc) is 3.10. The molecule has 4 aliphatic rings. The van der Waals surface area contributed by atoms with Crippen molar-refractivity contribution in [2.45, 2.75) is 109 Å². The lowest BCUT2D eigenvalue weighted by molar-refractivity contribution is -0.163. The first-order valence-corrected chi connectivity index (χ1v) is 13.3. The quantitative estimate of drug-likeness (QED) is 0.400. The van der Waals surface area contributed by atoms with Crippen LogP contribution in [0.5, 0.6) is 0 Å². The SMILES string of the molecule is CC12CCC3C(CCC4CC(OC(=O)CC(N)C=O)CCC43C)C1CCC2CCCC(=O)O. The van der Waals surface area contributed by atoms with Crippen LogP contribution in [0, 0.1) is 40.4 Å². The van der Waals surface area contributed by atoms with E-state index in [2.05, 4.69) is 13.8 Å². The van der Waals surface area contributed by atoms with Crippen LogP contribution in [0.4, 0.5) is 0 Å². The Balaban J connectivity index is 1.38. The second-order valence-electron chi connectivity index (χ2n) is 12.2. The molecule has 9 unspecified atom stereocenters. The summed E-state index contributed by atoms with van der Waals surface area (Å²) in [4.78, 5) is 33.9. The van der Waals surface area contributed by atoms with Crippen molar-refractivity contribution < 1.29 is 24.2 Å². The Labute approximate surface area is 198 Å². The minimum atomic E-state index is -0.766. The Bertz CT molecular complexity index is 755. The lowest BCUT2D eigenvalue weighted by Gasteiger charge is -2.61. The molecule has 9 atom stereocenters. The molecule has 0 bridgehead atoms. The normalized spacial score (nSPS) is 43.0. The van der Waals surface area contributed by atoms with Gasteiger partial charge in [-0.15, -0.1) is 0 Å². The third-order valence-corrected chi connectivity index (χ3v) is 10.6. The number of nitrogens with two attached hydrogens (primary N) is 1. The molecule has 3 N–H and O–H groups in total. The van der Waals surface area contributed by atoms with Gasteiger partial charge < -0.3 is 20.4 Å². The van der Waals surface area contributed by atoms with E-state index in [1.165, 1.54) is 38.5 Å². The van der Waals surface area contributed by atoms with Gasteiger partial charge in [0.1, 0.15) is 12.4 Å². The van der Waals surface area contributed by atoms with Crippen molar-refractivity contribution in [1.29, 1.82) is 0 Å². The molecule has 186 valence electrons. The third kappa shape index (κ3) is 4.74. The Morgan fingerprint density at radius 2 is 1.79 bits per heavy atom. The maximum absolute atomic E-state index is 12.2. The first-order valence-electron chi connectivity index (χ1n) is 13.3. The van der Waals surface area contributed by atoms with Crippen LogP contribution >= 0.6 is 0 Å². The molecule has 33 heavy (non-hydrogen) atoms. The Morgan fingerprint density at radius 3 is 2.52 bits per heavy atom. The van der Waals surface area contributed by atoms with Gasteiger partial charge in [0.25, 0.3) is 0 Å². The minimum absolute atomic E-state index is 0.0273. The highest BCUT2D eigenvalue weighted by atomic mass is 16.5. The van der Waals surface area contributed by atoms with E-state index >= 15 is 0 Å². The topological polar surface area (TPSA) is 107 Å². The smallest absolute Gasteiger partial charge is 0.308 e. The van der Waals surface area contributed by atoms with E-state index < -0.39 is 12.0 Å². The van der Waals surface area contributed by atoms with E-state index in [-0.39, 0.29) is 18.5 Å². The standard InChI is InChI=1S/C27H43NO5/c1-26-13-11-23-21(22(26)9-7-17(26)4-3-5-24(30)31)8-6-18-14-20(10-12-27(18,23)2)33-25(32)15-19(28)16-29/h16-23H,3-15,28H2,1-2H3,(H,30,31). The maximum atomic E-state index is 12.2. The number of rotatable bonds is 8. The van der Waals surface area contributed by atoms with Gasteiger partial charge >= 0.3 is 11.9 Å². The van der Waals surface area contributed by atoms with Crippen LogP contribution in [0.1, 0.15) is 97.3 Å². The van der Waals surface area contributed by atoms with Crippen LogP contribution in [-0.2, 0) is 19.1 Å². The Hall–Kier alpha value is -1.43. The highest BCUT2D eigenvalue weighted by molar-refractivity contribution is 5.75. The molecule has 0 radical (unpaired) electrons. The lowest BCUT2D eigenvalue weighted by Crippen LogP contribution is -2.54. The molecule has 0 amide bonds. The number of carboxylic acids is 1. The summed E-state index contributed by atoms with van der Waals surface area (Å²) in [6, 6.07) is -0.766. The summed E-state index contributed by atoms with van der Waals surface area (Å²) in [5, 5.41) is 9.05. The molecule has 0 saturated heterocycles. The number of hydrogen-bond acceptors (Lipinski definition) is 5. The summed E-state index contributed by atoms with van der Waals surface area (Å²) in [6.45, 7) is 5.03. The Morgan fingerprint density at radius 1 is 1.06 bits per heavy atom. The molecule has 0 aromatic heterocycles. The highest BCUT2D eigenvalue weighted by Crippen LogP contribution is 2.68. The summed E-state index contributed by atoms with van der Waals surface area (Å²) in [5.41, 5.74) is 6.30. The van der Waals surface area contributed by atoms with E-state index in [1.807, 2.05) is 0 Å². The second-order valence-corrected chi connectivity index (χ2v) is 12.2. The van der Waals surface area contributed by atoms with E-state index in [0.29, 0.717) is 35.4 Å². The van der Waals surface area contributed by atoms with Crippen molar-refractivity contribution in [2.24, 2.45) is 46.2 Å². The fraction of sp³-hybridized carbons (Fsp3) is 0.889. The van der Waals surface area contributed by atoms with Gasteiger partial charge in [0.05, 0.1) is 12.5 Å². The number of carboxylic acid groups (broad SMARTS) is 1. The van der Waals surface area contributed by atoms with Gasteiger partial charge in [0.2, 0.25) is 0 Å². The van der Waals surface area contributed by atoms with Gasteiger partial charge in [-0.25, -0.2) is 0 Å². The van der Waals surface area contributed by atoms with Crippen molar-refractivity contribution in [2.75, 3.05) is 0 Å². The number of ether oxygens (including phenoxy) is 1. The number of hydrogen-bond donors (Lipinski definition) is 2. The van der Waals surface area contributed by atoms with Crippen molar-refractivity contribution in [3.63, 3.8) is 0 Å². The number of carbonyl (C=O) groups excluding carboxylic acids is 2. The molecule has 0 spiro atoms. The number of carbonyl (C=O) groups is 3. The molecule has 4 aliphatic carbocycles. The van der Waals surface area contributed by atoms with Crippen molar-refractivity contribution in [3.05, 3.63) is 0 Å². The molecule has 6 heteroatoms. The van der Waals surface area contributed by atoms with E-state index in [4.69, 9.17) is 15.6 Å². The van der Waals surface area contributed by atoms with Crippen molar-refractivity contribution >= 4 is 18.2 Å². The number of aldehydes is 1. The van der Waals surface area contributed by atoms with E-state index in [1.54, 1.807) is 0 Å². The Kier molecular flexibility index (Phi) is 7.24. The zero-order chi connectivity index (χ0) is 23.8. The maximum Gasteiger partial charge on any atom is 0.308 e. The van der Waals surface area contributed by atoms with Crippen molar-refractivity contribution in [3.8, 4) is 0 Å². The molecule has 6 nitrogen and oxygen atoms in total. The van der Waals surface area contributed by atoms with Gasteiger partial charge in [-0.1, -0.05) is 13.8 Å². The van der Waals surface area contributed by atoms with Gasteiger partial charge in [0, 0.05) is 6.42 Å². The summed E-state index contributed by atoms with van der Waals surface area (Å²) in [6.07, 6.45) is 13.3. The molecule has 4 rings (SSSR count). The molecular formula is C27H43NO5. The molecule has 0 heterocycles. The first kappa shape index (κ1) is 24.7. The molecule has 0 aliphatic heterocycles. The fourth-order valence-corrected chi connectivity index (χ4v) is 8.88. The van der Waals surface area contributed by atoms with Crippen LogP contribution < -0.4 is 5.73 Å². The molecule has 4 saturated carbocycles. The molecule has 0 aromatic rings. The minimum Gasteiger partial charge on any atom is -0.481 e. The highest BCUT2D eigenvalue weighted by Gasteiger charge is 2.60. The van der Waals surface area contributed by atoms with E-state index in [9.17, 15) is 14.4 Å². The monoisotopic (exact) mass is 461 g/mol. The predicted molar refractivity (Wildman–Crippen MR) is 125 cm³/mol. The molecular weight excluding hydrogens is 418 g/mol. The number of esters is 1. The zero-order valence-corrected chi connectivity index (χ0v) is 20.5.